The molecule has 158 valence electrons. The van der Waals surface area contributed by atoms with Crippen LogP contribution in [-0.4, -0.2) is 51.4 Å². The number of methoxy groups -OCH3 is 1. The van der Waals surface area contributed by atoms with Crippen molar-refractivity contribution in [1.29, 1.82) is 0 Å². The lowest BCUT2D eigenvalue weighted by molar-refractivity contribution is 0.202. The summed E-state index contributed by atoms with van der Waals surface area (Å²) in [5.74, 6) is 1.60. The molecule has 1 aromatic heterocycles. The molecule has 0 bridgehead atoms. The van der Waals surface area contributed by atoms with Crippen molar-refractivity contribution in [3.63, 3.8) is 0 Å². The number of hydrogen-bond acceptors (Lipinski definition) is 6. The fraction of sp³-hybridized carbons (Fsp3) is 0.476. The number of benzene rings is 1. The van der Waals surface area contributed by atoms with Gasteiger partial charge in [0.15, 0.2) is 21.3 Å². The fourth-order valence-electron chi connectivity index (χ4n) is 3.74. The van der Waals surface area contributed by atoms with Gasteiger partial charge >= 0.3 is 0 Å². The second kappa shape index (κ2) is 9.32. The Bertz CT molecular complexity index is 957. The van der Waals surface area contributed by atoms with E-state index in [1.54, 1.807) is 7.11 Å². The number of hydrogen-bond donors (Lipinski definition) is 0. The third-order valence-electron chi connectivity index (χ3n) is 5.16. The Labute approximate surface area is 177 Å². The highest BCUT2D eigenvalue weighted by Crippen LogP contribution is 2.33. The maximum atomic E-state index is 12.2. The van der Waals surface area contributed by atoms with Crippen LogP contribution < -0.4 is 9.47 Å². The minimum Gasteiger partial charge on any atom is -0.493 e. The highest BCUT2D eigenvalue weighted by Gasteiger charge is 2.27. The first-order valence-electron chi connectivity index (χ1n) is 9.69. The van der Waals surface area contributed by atoms with E-state index < -0.39 is 9.84 Å². The van der Waals surface area contributed by atoms with Crippen LogP contribution in [0, 0.1) is 0 Å². The normalized spacial score (nSPS) is 16.0. The molecule has 0 spiro atoms. The molecule has 8 heteroatoms. The zero-order valence-electron chi connectivity index (χ0n) is 17.0. The Hall–Kier alpha value is -1.83. The minimum atomic E-state index is -3.37. The van der Waals surface area contributed by atoms with Gasteiger partial charge in [0.05, 0.1) is 29.3 Å². The lowest BCUT2D eigenvalue weighted by Gasteiger charge is -2.32. The Morgan fingerprint density at radius 2 is 1.93 bits per heavy atom. The summed E-state index contributed by atoms with van der Waals surface area (Å²) in [6.07, 6.45) is 4.44. The van der Waals surface area contributed by atoms with Crippen molar-refractivity contribution in [3.05, 3.63) is 46.7 Å². The van der Waals surface area contributed by atoms with Gasteiger partial charge in [0.2, 0.25) is 0 Å². The van der Waals surface area contributed by atoms with E-state index in [0.29, 0.717) is 17.3 Å². The van der Waals surface area contributed by atoms with E-state index >= 15 is 0 Å². The van der Waals surface area contributed by atoms with Crippen molar-refractivity contribution in [2.24, 2.45) is 0 Å². The van der Waals surface area contributed by atoms with Crippen LogP contribution in [0.5, 0.6) is 11.5 Å². The van der Waals surface area contributed by atoms with Gasteiger partial charge in [-0.15, -0.1) is 0 Å². The van der Waals surface area contributed by atoms with E-state index in [-0.39, 0.29) is 10.8 Å². The lowest BCUT2D eigenvalue weighted by Crippen LogP contribution is -2.33. The highest BCUT2D eigenvalue weighted by molar-refractivity contribution is 7.90. The molecule has 0 amide bonds. The van der Waals surface area contributed by atoms with E-state index in [9.17, 15) is 8.42 Å². The summed E-state index contributed by atoms with van der Waals surface area (Å²) < 4.78 is 35.3. The largest absolute Gasteiger partial charge is 0.493 e. The lowest BCUT2D eigenvalue weighted by atomic mass is 9.92. The molecule has 0 saturated carbocycles. The second-order valence-corrected chi connectivity index (χ2v) is 9.70. The number of nitrogens with zero attached hydrogens (tertiary/aromatic N) is 2. The topological polar surface area (TPSA) is 68.7 Å². The van der Waals surface area contributed by atoms with E-state index in [1.807, 2.05) is 19.1 Å². The quantitative estimate of drug-likeness (QED) is 0.652. The molecule has 0 N–H and O–H groups in total. The number of rotatable bonds is 7. The van der Waals surface area contributed by atoms with Crippen LogP contribution in [0.15, 0.2) is 35.4 Å². The van der Waals surface area contributed by atoms with Gasteiger partial charge in [-0.3, -0.25) is 9.88 Å². The number of piperidine rings is 1. The van der Waals surface area contributed by atoms with Crippen LogP contribution in [0.3, 0.4) is 0 Å². The van der Waals surface area contributed by atoms with Gasteiger partial charge in [0, 0.05) is 24.9 Å². The second-order valence-electron chi connectivity index (χ2n) is 7.28. The van der Waals surface area contributed by atoms with Gasteiger partial charge < -0.3 is 9.47 Å². The number of halogens is 1. The molecule has 2 aromatic rings. The average Bonchev–Trinajstić information content (AvgIpc) is 2.69. The molecule has 1 fully saturated rings. The first kappa shape index (κ1) is 21.9. The average molecular weight is 439 g/mol. The molecule has 0 radical (unpaired) electrons. The summed E-state index contributed by atoms with van der Waals surface area (Å²) >= 11 is 5.98. The number of aromatic nitrogens is 1. The Kier molecular flexibility index (Phi) is 7.03. The molecule has 1 aromatic carbocycles. The molecule has 1 saturated heterocycles. The predicted molar refractivity (Wildman–Crippen MR) is 114 cm³/mol. The van der Waals surface area contributed by atoms with E-state index in [0.717, 1.165) is 49.5 Å². The van der Waals surface area contributed by atoms with Crippen molar-refractivity contribution < 1.29 is 17.9 Å². The van der Waals surface area contributed by atoms with Crippen LogP contribution in [0.1, 0.15) is 36.9 Å². The fourth-order valence-corrected chi connectivity index (χ4v) is 4.91. The van der Waals surface area contributed by atoms with Crippen LogP contribution >= 0.6 is 11.6 Å². The molecular formula is C21H27ClN2O4S. The van der Waals surface area contributed by atoms with Gasteiger partial charge in [-0.25, -0.2) is 8.42 Å². The third kappa shape index (κ3) is 5.41. The van der Waals surface area contributed by atoms with Crippen molar-refractivity contribution in [2.45, 2.75) is 37.1 Å². The molecule has 0 aliphatic carbocycles. The van der Waals surface area contributed by atoms with Crippen molar-refractivity contribution in [1.82, 2.24) is 9.88 Å². The predicted octanol–water partition coefficient (Wildman–Crippen LogP) is 3.93. The standard InChI is InChI=1S/C21H27ClN2O4S/c1-4-28-18-6-5-15(11-19(18)27-2)14-24-9-7-16(8-10-24)21-20(29(3,25)26)12-17(22)13-23-21/h5-6,11-13,16H,4,7-10,14H2,1-3H3. The number of sulfone groups is 1. The number of pyridine rings is 1. The summed E-state index contributed by atoms with van der Waals surface area (Å²) in [4.78, 5) is 6.98. The zero-order chi connectivity index (χ0) is 21.0. The minimum absolute atomic E-state index is 0.114. The Morgan fingerprint density at radius 1 is 1.21 bits per heavy atom. The first-order chi connectivity index (χ1) is 13.8. The Morgan fingerprint density at radius 3 is 2.55 bits per heavy atom. The molecule has 6 nitrogen and oxygen atoms in total. The summed E-state index contributed by atoms with van der Waals surface area (Å²) in [6, 6.07) is 7.53. The van der Waals surface area contributed by atoms with Gasteiger partial charge in [0.1, 0.15) is 0 Å². The van der Waals surface area contributed by atoms with Crippen molar-refractivity contribution in [3.8, 4) is 11.5 Å². The molecule has 0 unspecified atom stereocenters. The summed E-state index contributed by atoms with van der Waals surface area (Å²) in [6.45, 7) is 5.09. The van der Waals surface area contributed by atoms with Crippen molar-refractivity contribution >= 4 is 21.4 Å². The van der Waals surface area contributed by atoms with Crippen LogP contribution in [0.4, 0.5) is 0 Å². The van der Waals surface area contributed by atoms with Crippen LogP contribution in [0.2, 0.25) is 5.02 Å². The van der Waals surface area contributed by atoms with Crippen LogP contribution in [-0.2, 0) is 16.4 Å². The molecular weight excluding hydrogens is 412 g/mol. The van der Waals surface area contributed by atoms with E-state index in [1.165, 1.54) is 18.5 Å². The van der Waals surface area contributed by atoms with Crippen LogP contribution in [0.25, 0.3) is 0 Å². The molecule has 1 aliphatic heterocycles. The van der Waals surface area contributed by atoms with Gasteiger partial charge in [-0.1, -0.05) is 17.7 Å². The maximum Gasteiger partial charge on any atom is 0.177 e. The van der Waals surface area contributed by atoms with Gasteiger partial charge in [-0.05, 0) is 56.6 Å². The molecule has 0 atom stereocenters. The first-order valence-corrected chi connectivity index (χ1v) is 12.0. The van der Waals surface area contributed by atoms with E-state index in [2.05, 4.69) is 16.0 Å². The molecule has 1 aliphatic rings. The van der Waals surface area contributed by atoms with Gasteiger partial charge in [0.25, 0.3) is 0 Å². The summed E-state index contributed by atoms with van der Waals surface area (Å²) in [5.41, 5.74) is 1.80. The number of likely N-dealkylation sites (tertiary alicyclic amines) is 1. The van der Waals surface area contributed by atoms with E-state index in [4.69, 9.17) is 21.1 Å². The van der Waals surface area contributed by atoms with Gasteiger partial charge in [-0.2, -0.15) is 0 Å². The molecule has 2 heterocycles. The molecule has 3 rings (SSSR count). The number of ether oxygens (including phenoxy) is 2. The molecule has 29 heavy (non-hydrogen) atoms. The Balaban J connectivity index is 1.68. The zero-order valence-corrected chi connectivity index (χ0v) is 18.6. The smallest absolute Gasteiger partial charge is 0.177 e. The monoisotopic (exact) mass is 438 g/mol. The van der Waals surface area contributed by atoms with Crippen molar-refractivity contribution in [2.75, 3.05) is 33.1 Å². The highest BCUT2D eigenvalue weighted by atomic mass is 35.5. The summed E-state index contributed by atoms with van der Waals surface area (Å²) in [7, 11) is -1.73. The SMILES string of the molecule is CCOc1ccc(CN2CCC(c3ncc(Cl)cc3S(C)(=O)=O)CC2)cc1OC. The third-order valence-corrected chi connectivity index (χ3v) is 6.49. The summed E-state index contributed by atoms with van der Waals surface area (Å²) in [5, 5.41) is 0.344. The maximum absolute atomic E-state index is 12.2.